The van der Waals surface area contributed by atoms with Gasteiger partial charge in [-0.15, -0.1) is 0 Å². The van der Waals surface area contributed by atoms with Gasteiger partial charge in [0.1, 0.15) is 36.5 Å². The molecule has 0 spiro atoms. The number of carbonyl (C=O) groups is 6. The van der Waals surface area contributed by atoms with Gasteiger partial charge >= 0.3 is 7.82 Å². The summed E-state index contributed by atoms with van der Waals surface area (Å²) in [7, 11) is -5.21. The van der Waals surface area contributed by atoms with Gasteiger partial charge < -0.3 is 56.6 Å². The number of carbonyl (C=O) groups excluding carboxylic acids is 6. The first-order valence-electron chi connectivity index (χ1n) is 15.2. The van der Waals surface area contributed by atoms with Gasteiger partial charge in [0, 0.05) is 30.6 Å². The predicted molar refractivity (Wildman–Crippen MR) is 172 cm³/mol. The number of hydrogen-bond acceptors (Lipinski definition) is 12. The maximum Gasteiger partial charge on any atom is 0.469 e. The lowest BCUT2D eigenvalue weighted by molar-refractivity contribution is -0.143. The van der Waals surface area contributed by atoms with Crippen molar-refractivity contribution >= 4 is 56.3 Å². The molecule has 7 atom stereocenters. The Morgan fingerprint density at radius 1 is 1.12 bits per heavy atom. The number of aliphatic hydroxyl groups is 1. The quantitative estimate of drug-likeness (QED) is 0.0385. The Balaban J connectivity index is 2.37. The summed E-state index contributed by atoms with van der Waals surface area (Å²) in [5, 5.41) is 19.0. The number of rotatable bonds is 19. The van der Waals surface area contributed by atoms with Gasteiger partial charge in [0.05, 0.1) is 25.1 Å². The van der Waals surface area contributed by atoms with Crippen LogP contribution in [0.25, 0.3) is 0 Å². The second-order valence-electron chi connectivity index (χ2n) is 11.7. The second-order valence-corrected chi connectivity index (χ2v) is 13.3. The van der Waals surface area contributed by atoms with Crippen LogP contribution in [0.4, 0.5) is 0 Å². The Hall–Kier alpha value is -3.39. The normalized spacial score (nSPS) is 18.6. The first-order chi connectivity index (χ1) is 22.5. The fraction of sp³-hybridized carbons (Fsp3) is 0.667. The predicted octanol–water partition coefficient (Wildman–Crippen LogP) is -3.13. The van der Waals surface area contributed by atoms with Crippen LogP contribution in [0.3, 0.4) is 0 Å². The van der Waals surface area contributed by atoms with Crippen LogP contribution < -0.4 is 27.0 Å². The first-order valence-corrected chi connectivity index (χ1v) is 17.3. The van der Waals surface area contributed by atoms with Crippen LogP contribution in [0.2, 0.25) is 0 Å². The van der Waals surface area contributed by atoms with E-state index in [1.807, 2.05) is 0 Å². The summed E-state index contributed by atoms with van der Waals surface area (Å²) in [5.74, 6) is -4.27. The van der Waals surface area contributed by atoms with Gasteiger partial charge in [0.2, 0.25) is 29.5 Å². The zero-order valence-electron chi connectivity index (χ0n) is 26.8. The molecule has 0 unspecified atom stereocenters. The first kappa shape index (κ1) is 40.8. The molecule has 2 heterocycles. The van der Waals surface area contributed by atoms with Crippen LogP contribution in [-0.2, 0) is 44.3 Å². The molecule has 0 radical (unpaired) electrons. The SMILES string of the molecule is CC(C)C[C@H](NC(=O)[C@@H](NC(=O)[C@H](Cc1cnc[nH]1)NC(=O)[C@@H](N)CO)[C@@H](C)OP(=O)(O)O)C(=O)N1CCC[C@H]1C(=O)N[C@H](C=O)CS. The Morgan fingerprint density at radius 3 is 2.33 bits per heavy atom. The molecule has 0 aromatic carbocycles. The van der Waals surface area contributed by atoms with E-state index in [1.165, 1.54) is 17.4 Å². The second kappa shape index (κ2) is 19.0. The summed E-state index contributed by atoms with van der Waals surface area (Å²) in [5.41, 5.74) is 5.97. The van der Waals surface area contributed by atoms with Crippen LogP contribution in [0.1, 0.15) is 45.7 Å². The minimum absolute atomic E-state index is 0.0462. The fourth-order valence-electron chi connectivity index (χ4n) is 4.97. The Kier molecular flexibility index (Phi) is 16.1. The smallest absolute Gasteiger partial charge is 0.394 e. The molecule has 270 valence electrons. The number of nitrogens with two attached hydrogens (primary N) is 1. The fourth-order valence-corrected chi connectivity index (χ4v) is 5.71. The van der Waals surface area contributed by atoms with E-state index in [0.717, 1.165) is 6.92 Å². The van der Waals surface area contributed by atoms with Crippen molar-refractivity contribution in [2.45, 2.75) is 88.8 Å². The molecule has 21 heteroatoms. The molecule has 1 aliphatic heterocycles. The third-order valence-corrected chi connectivity index (χ3v) is 8.35. The Bertz CT molecular complexity index is 1310. The van der Waals surface area contributed by atoms with Crippen LogP contribution in [0, 0.1) is 5.92 Å². The lowest BCUT2D eigenvalue weighted by Gasteiger charge is -2.32. The number of phosphoric acid groups is 1. The van der Waals surface area contributed by atoms with Crippen molar-refractivity contribution in [2.75, 3.05) is 18.9 Å². The van der Waals surface area contributed by atoms with Gasteiger partial charge in [-0.25, -0.2) is 9.55 Å². The van der Waals surface area contributed by atoms with E-state index in [4.69, 9.17) is 10.3 Å². The van der Waals surface area contributed by atoms with Gasteiger partial charge in [-0.2, -0.15) is 12.6 Å². The standard InChI is InChI=1S/C27H45N8O11PS/c1-14(2)7-20(27(42)35-6-4-5-21(35)25(40)31-17(10-36)12-48)33-26(41)22(15(3)46-47(43,44)45)34-24(39)19(8-16-9-29-13-30-16)32-23(38)18(28)11-37/h9-10,13-15,17-22,37,48H,4-8,11-12,28H2,1-3H3,(H,29,30)(H,31,40)(H,32,38)(H,33,41)(H,34,39)(H2,43,44,45)/t15-,17-,18+,19+,20+,21+,22+/m1/s1. The van der Waals surface area contributed by atoms with Crippen molar-refractivity contribution in [1.82, 2.24) is 36.1 Å². The van der Waals surface area contributed by atoms with Crippen LogP contribution in [0.15, 0.2) is 12.5 Å². The van der Waals surface area contributed by atoms with E-state index in [0.29, 0.717) is 24.8 Å². The van der Waals surface area contributed by atoms with Crippen molar-refractivity contribution < 1.29 is 52.7 Å². The number of aromatic amines is 1. The number of aromatic nitrogens is 2. The molecule has 1 aliphatic rings. The summed E-state index contributed by atoms with van der Waals surface area (Å²) in [4.78, 5) is 105. The molecule has 2 rings (SSSR count). The van der Waals surface area contributed by atoms with Crippen molar-refractivity contribution in [3.63, 3.8) is 0 Å². The van der Waals surface area contributed by atoms with E-state index in [1.54, 1.807) is 13.8 Å². The number of aliphatic hydroxyl groups excluding tert-OH is 1. The number of likely N-dealkylation sites (tertiary alicyclic amines) is 1. The average molecular weight is 721 g/mol. The maximum absolute atomic E-state index is 13.8. The van der Waals surface area contributed by atoms with Gasteiger partial charge in [-0.05, 0) is 32.1 Å². The molecular weight excluding hydrogens is 675 g/mol. The number of phosphoric ester groups is 1. The lowest BCUT2D eigenvalue weighted by atomic mass is 10.0. The van der Waals surface area contributed by atoms with Crippen molar-refractivity contribution in [3.05, 3.63) is 18.2 Å². The zero-order chi connectivity index (χ0) is 36.2. The Labute approximate surface area is 282 Å². The third kappa shape index (κ3) is 12.6. The van der Waals surface area contributed by atoms with Crippen molar-refractivity contribution in [1.29, 1.82) is 0 Å². The lowest BCUT2D eigenvalue weighted by Crippen LogP contribution is -2.62. The van der Waals surface area contributed by atoms with Crippen LogP contribution >= 0.6 is 20.5 Å². The highest BCUT2D eigenvalue weighted by Gasteiger charge is 2.41. The summed E-state index contributed by atoms with van der Waals surface area (Å²) in [6.45, 7) is 4.11. The number of thiol groups is 1. The third-order valence-electron chi connectivity index (χ3n) is 7.35. The van der Waals surface area contributed by atoms with Gasteiger partial charge in [0.25, 0.3) is 0 Å². The molecule has 1 aromatic heterocycles. The van der Waals surface area contributed by atoms with E-state index >= 15 is 0 Å². The molecule has 1 aromatic rings. The molecule has 10 N–H and O–H groups in total. The van der Waals surface area contributed by atoms with Crippen molar-refractivity contribution in [2.24, 2.45) is 11.7 Å². The number of hydrogen-bond donors (Lipinski definition) is 10. The van der Waals surface area contributed by atoms with E-state index < -0.39 is 86.3 Å². The molecule has 1 saturated heterocycles. The summed E-state index contributed by atoms with van der Waals surface area (Å²) in [6, 6.07) is -7.68. The van der Waals surface area contributed by atoms with Gasteiger partial charge in [0.15, 0.2) is 0 Å². The highest BCUT2D eigenvalue weighted by molar-refractivity contribution is 7.80. The number of H-pyrrole nitrogens is 1. The molecule has 1 fully saturated rings. The molecular formula is C27H45N8O11PS. The van der Waals surface area contributed by atoms with Crippen LogP contribution in [0.5, 0.6) is 0 Å². The average Bonchev–Trinajstić information content (AvgIpc) is 3.72. The zero-order valence-corrected chi connectivity index (χ0v) is 28.6. The minimum atomic E-state index is -5.21. The monoisotopic (exact) mass is 720 g/mol. The number of nitrogens with one attached hydrogen (secondary N) is 5. The molecule has 0 saturated carbocycles. The van der Waals surface area contributed by atoms with E-state index in [9.17, 15) is 48.2 Å². The summed E-state index contributed by atoms with van der Waals surface area (Å²) >= 11 is 4.03. The topological polar surface area (TPSA) is 295 Å². The Morgan fingerprint density at radius 2 is 1.79 bits per heavy atom. The van der Waals surface area contributed by atoms with Gasteiger partial charge in [-0.3, -0.25) is 28.5 Å². The number of imidazole rings is 1. The van der Waals surface area contributed by atoms with Gasteiger partial charge in [-0.1, -0.05) is 13.8 Å². The minimum Gasteiger partial charge on any atom is -0.394 e. The molecule has 48 heavy (non-hydrogen) atoms. The highest BCUT2D eigenvalue weighted by atomic mass is 32.1. The number of nitrogens with zero attached hydrogens (tertiary/aromatic N) is 2. The molecule has 19 nitrogen and oxygen atoms in total. The van der Waals surface area contributed by atoms with Crippen LogP contribution in [-0.4, -0.2) is 127 Å². The number of amides is 5. The largest absolute Gasteiger partial charge is 0.469 e. The molecule has 0 aliphatic carbocycles. The maximum atomic E-state index is 13.8. The highest BCUT2D eigenvalue weighted by Crippen LogP contribution is 2.38. The molecule has 0 bridgehead atoms. The van der Waals surface area contributed by atoms with Crippen molar-refractivity contribution in [3.8, 4) is 0 Å². The van der Waals surface area contributed by atoms with E-state index in [2.05, 4.69) is 43.9 Å². The summed E-state index contributed by atoms with van der Waals surface area (Å²) < 4.78 is 16.4. The summed E-state index contributed by atoms with van der Waals surface area (Å²) in [6.07, 6.45) is 2.20. The molecule has 5 amide bonds. The van der Waals surface area contributed by atoms with E-state index in [-0.39, 0.29) is 31.1 Å². The number of aldehydes is 1.